The number of hydrogen-bond donors (Lipinski definition) is 3. The molecular weight excluding hydrogens is 399 g/mol. The lowest BCUT2D eigenvalue weighted by molar-refractivity contribution is -0.148. The minimum absolute atomic E-state index is 0.0240. The molecule has 2 bridgehead atoms. The Morgan fingerprint density at radius 3 is 2.72 bits per heavy atom. The lowest BCUT2D eigenvalue weighted by Gasteiger charge is -2.46. The Balaban J connectivity index is 1.51. The molecule has 0 aliphatic heterocycles. The summed E-state index contributed by atoms with van der Waals surface area (Å²) in [7, 11) is 0. The van der Waals surface area contributed by atoms with Gasteiger partial charge in [-0.2, -0.15) is 15.0 Å². The molecule has 0 saturated heterocycles. The molecule has 0 aromatic carbocycles. The Bertz CT molecular complexity index is 1100. The van der Waals surface area contributed by atoms with Crippen molar-refractivity contribution in [2.24, 2.45) is 17.8 Å². The molecule has 3 aromatic rings. The van der Waals surface area contributed by atoms with E-state index in [1.54, 1.807) is 6.20 Å². The van der Waals surface area contributed by atoms with Crippen molar-refractivity contribution in [2.75, 3.05) is 5.32 Å². The highest BCUT2D eigenvalue weighted by atomic mass is 35.5. The van der Waals surface area contributed by atoms with E-state index in [0.717, 1.165) is 31.9 Å². The quantitative estimate of drug-likeness (QED) is 0.595. The van der Waals surface area contributed by atoms with Gasteiger partial charge in [-0.15, -0.1) is 0 Å². The number of carboxylic acids is 1. The third-order valence-electron chi connectivity index (χ3n) is 6.15. The number of H-pyrrole nitrogens is 1. The zero-order valence-corrected chi connectivity index (χ0v) is 16.0. The summed E-state index contributed by atoms with van der Waals surface area (Å²) in [4.78, 5) is 31.6. The van der Waals surface area contributed by atoms with Gasteiger partial charge in [0.2, 0.25) is 11.2 Å². The molecule has 3 heterocycles. The van der Waals surface area contributed by atoms with Gasteiger partial charge in [-0.3, -0.25) is 4.79 Å². The molecule has 150 valence electrons. The van der Waals surface area contributed by atoms with Gasteiger partial charge in [0.05, 0.1) is 12.1 Å². The zero-order chi connectivity index (χ0) is 20.1. The van der Waals surface area contributed by atoms with Crippen molar-refractivity contribution in [1.29, 1.82) is 0 Å². The molecule has 3 N–H and O–H groups in total. The summed E-state index contributed by atoms with van der Waals surface area (Å²) in [5.41, 5.74) is 1.04. The maximum Gasteiger partial charge on any atom is 0.308 e. The van der Waals surface area contributed by atoms with E-state index in [1.165, 1.54) is 6.07 Å². The molecule has 10 heteroatoms. The standard InChI is InChI=1S/C19H18ClFN6O2/c20-18-25-16(12-7-23-15-11(12)5-10(21)6-22-15)26-19(27-18)24-14-9-3-1-8(2-4-9)13(14)17(28)29/h5-9,13-14H,1-4H2,(H,22,23)(H,28,29)(H,24,25,26,27). The Kier molecular flexibility index (Phi) is 4.34. The first-order valence-corrected chi connectivity index (χ1v) is 9.91. The molecule has 3 aliphatic carbocycles. The van der Waals surface area contributed by atoms with Gasteiger partial charge in [0, 0.05) is 23.2 Å². The van der Waals surface area contributed by atoms with Crippen molar-refractivity contribution in [3.05, 3.63) is 29.6 Å². The number of nitrogens with zero attached hydrogens (tertiary/aromatic N) is 4. The van der Waals surface area contributed by atoms with E-state index in [9.17, 15) is 14.3 Å². The molecule has 8 nitrogen and oxygen atoms in total. The van der Waals surface area contributed by atoms with E-state index in [2.05, 4.69) is 30.2 Å². The molecule has 6 rings (SSSR count). The fourth-order valence-corrected chi connectivity index (χ4v) is 5.02. The molecule has 2 atom stereocenters. The van der Waals surface area contributed by atoms with Crippen LogP contribution in [0.5, 0.6) is 0 Å². The minimum atomic E-state index is -0.796. The topological polar surface area (TPSA) is 117 Å². The number of carboxylic acid groups (broad SMARTS) is 1. The molecule has 2 unspecified atom stereocenters. The summed E-state index contributed by atoms with van der Waals surface area (Å²) in [5.74, 6) is -0.842. The van der Waals surface area contributed by atoms with Crippen molar-refractivity contribution >= 4 is 34.6 Å². The van der Waals surface area contributed by atoms with Crippen LogP contribution < -0.4 is 5.32 Å². The maximum absolute atomic E-state index is 13.7. The van der Waals surface area contributed by atoms with Crippen LogP contribution in [0, 0.1) is 23.6 Å². The van der Waals surface area contributed by atoms with Crippen molar-refractivity contribution in [2.45, 2.75) is 31.7 Å². The largest absolute Gasteiger partial charge is 0.481 e. The van der Waals surface area contributed by atoms with E-state index >= 15 is 0 Å². The van der Waals surface area contributed by atoms with Crippen LogP contribution in [-0.4, -0.2) is 42.0 Å². The molecule has 3 aliphatic rings. The van der Waals surface area contributed by atoms with Crippen molar-refractivity contribution in [3.8, 4) is 11.4 Å². The first-order valence-electron chi connectivity index (χ1n) is 9.53. The second-order valence-electron chi connectivity index (χ2n) is 7.71. The monoisotopic (exact) mass is 416 g/mol. The van der Waals surface area contributed by atoms with Gasteiger partial charge < -0.3 is 15.4 Å². The number of hydrogen-bond acceptors (Lipinski definition) is 6. The Morgan fingerprint density at radius 2 is 1.97 bits per heavy atom. The summed E-state index contributed by atoms with van der Waals surface area (Å²) in [5, 5.41) is 13.5. The second-order valence-corrected chi connectivity index (χ2v) is 8.05. The number of halogens is 2. The van der Waals surface area contributed by atoms with Crippen LogP contribution in [0.1, 0.15) is 25.7 Å². The fourth-order valence-electron chi connectivity index (χ4n) is 4.86. The van der Waals surface area contributed by atoms with Gasteiger partial charge in [0.15, 0.2) is 5.82 Å². The van der Waals surface area contributed by atoms with Gasteiger partial charge in [-0.25, -0.2) is 9.37 Å². The summed E-state index contributed by atoms with van der Waals surface area (Å²) in [6.07, 6.45) is 6.62. The van der Waals surface area contributed by atoms with Crippen LogP contribution in [0.4, 0.5) is 10.3 Å². The summed E-state index contributed by atoms with van der Waals surface area (Å²) >= 11 is 6.13. The van der Waals surface area contributed by atoms with Crippen LogP contribution in [0.15, 0.2) is 18.5 Å². The Hall–Kier alpha value is -2.81. The number of aliphatic carboxylic acids is 1. The first-order chi connectivity index (χ1) is 14.0. The lowest BCUT2D eigenvalue weighted by Crippen LogP contribution is -2.51. The highest BCUT2D eigenvalue weighted by molar-refractivity contribution is 6.28. The summed E-state index contributed by atoms with van der Waals surface area (Å²) in [6, 6.07) is 1.09. The smallest absolute Gasteiger partial charge is 0.308 e. The predicted octanol–water partition coefficient (Wildman–Crippen LogP) is 3.51. The van der Waals surface area contributed by atoms with Crippen molar-refractivity contribution in [1.82, 2.24) is 24.9 Å². The van der Waals surface area contributed by atoms with Crippen LogP contribution in [0.2, 0.25) is 5.28 Å². The summed E-state index contributed by atoms with van der Waals surface area (Å²) in [6.45, 7) is 0. The van der Waals surface area contributed by atoms with E-state index in [-0.39, 0.29) is 34.9 Å². The van der Waals surface area contributed by atoms with E-state index < -0.39 is 17.7 Å². The molecule has 3 aromatic heterocycles. The SMILES string of the molecule is O=C(O)C1C2CCC(CC2)C1Nc1nc(Cl)nc(-c2c[nH]c3ncc(F)cc23)n1. The van der Waals surface area contributed by atoms with Crippen LogP contribution in [0.3, 0.4) is 0 Å². The molecular formula is C19H18ClFN6O2. The molecule has 29 heavy (non-hydrogen) atoms. The molecule has 3 fully saturated rings. The van der Waals surface area contributed by atoms with E-state index in [0.29, 0.717) is 16.6 Å². The van der Waals surface area contributed by atoms with Gasteiger partial charge in [-0.05, 0) is 55.2 Å². The average molecular weight is 417 g/mol. The molecule has 0 amide bonds. The number of carbonyl (C=O) groups is 1. The normalized spacial score (nSPS) is 26.0. The van der Waals surface area contributed by atoms with Gasteiger partial charge in [-0.1, -0.05) is 0 Å². The highest BCUT2D eigenvalue weighted by Gasteiger charge is 2.47. The molecule has 0 radical (unpaired) electrons. The lowest BCUT2D eigenvalue weighted by atomic mass is 9.61. The molecule has 0 spiro atoms. The van der Waals surface area contributed by atoms with E-state index in [1.807, 2.05) is 0 Å². The summed E-state index contributed by atoms with van der Waals surface area (Å²) < 4.78 is 13.7. The number of aromatic nitrogens is 5. The number of rotatable bonds is 4. The number of nitrogens with one attached hydrogen (secondary N) is 2. The Morgan fingerprint density at radius 1 is 1.21 bits per heavy atom. The van der Waals surface area contributed by atoms with Gasteiger partial charge in [0.25, 0.3) is 0 Å². The number of fused-ring (bicyclic) bond motifs is 4. The Labute approximate surface area is 170 Å². The first kappa shape index (κ1) is 18.2. The zero-order valence-electron chi connectivity index (χ0n) is 15.3. The average Bonchev–Trinajstić information content (AvgIpc) is 3.11. The number of aromatic amines is 1. The van der Waals surface area contributed by atoms with Crippen molar-refractivity contribution in [3.63, 3.8) is 0 Å². The maximum atomic E-state index is 13.7. The third-order valence-corrected chi connectivity index (χ3v) is 6.32. The second kappa shape index (κ2) is 6.91. The van der Waals surface area contributed by atoms with Gasteiger partial charge in [0.1, 0.15) is 11.5 Å². The highest BCUT2D eigenvalue weighted by Crippen LogP contribution is 2.46. The van der Waals surface area contributed by atoms with Crippen LogP contribution >= 0.6 is 11.6 Å². The molecule has 3 saturated carbocycles. The fraction of sp³-hybridized carbons (Fsp3) is 0.421. The minimum Gasteiger partial charge on any atom is -0.481 e. The van der Waals surface area contributed by atoms with E-state index in [4.69, 9.17) is 11.6 Å². The third kappa shape index (κ3) is 3.19. The predicted molar refractivity (Wildman–Crippen MR) is 104 cm³/mol. The number of anilines is 1. The number of pyridine rings is 1. The van der Waals surface area contributed by atoms with Crippen molar-refractivity contribution < 1.29 is 14.3 Å². The van der Waals surface area contributed by atoms with Crippen LogP contribution in [-0.2, 0) is 4.79 Å². The van der Waals surface area contributed by atoms with Crippen LogP contribution in [0.25, 0.3) is 22.4 Å². The van der Waals surface area contributed by atoms with Gasteiger partial charge >= 0.3 is 5.97 Å².